The number of hydrogen-bond donors (Lipinski definition) is 2. The van der Waals surface area contributed by atoms with Crippen LogP contribution in [0.5, 0.6) is 0 Å². The van der Waals surface area contributed by atoms with E-state index in [2.05, 4.69) is 4.84 Å². The number of nitrogens with one attached hydrogen (secondary N) is 1. The molecule has 18 heavy (non-hydrogen) atoms. The van der Waals surface area contributed by atoms with Crippen molar-refractivity contribution in [2.24, 2.45) is 5.92 Å². The summed E-state index contributed by atoms with van der Waals surface area (Å²) in [5.41, 5.74) is 1.96. The van der Waals surface area contributed by atoms with E-state index < -0.39 is 18.0 Å². The van der Waals surface area contributed by atoms with Crippen LogP contribution in [0.1, 0.15) is 26.2 Å². The summed E-state index contributed by atoms with van der Waals surface area (Å²) in [5.74, 6) is 0.200. The van der Waals surface area contributed by atoms with Crippen molar-refractivity contribution in [3.8, 4) is 0 Å². The average Bonchev–Trinajstić information content (AvgIpc) is 2.60. The molecule has 0 saturated heterocycles. The van der Waals surface area contributed by atoms with Crippen molar-refractivity contribution < 1.29 is 24.3 Å². The van der Waals surface area contributed by atoms with E-state index in [-0.39, 0.29) is 24.5 Å². The van der Waals surface area contributed by atoms with Gasteiger partial charge < -0.3 is 9.94 Å². The molecule has 6 nitrogen and oxygen atoms in total. The minimum absolute atomic E-state index is 0.0934. The van der Waals surface area contributed by atoms with Crippen molar-refractivity contribution in [1.29, 1.82) is 0 Å². The number of carbonyl (C=O) groups is 3. The monoisotopic (exact) mass is 275 g/mol. The number of amides is 1. The molecule has 0 heterocycles. The Morgan fingerprint density at radius 3 is 2.83 bits per heavy atom. The predicted molar refractivity (Wildman–Crippen MR) is 65.6 cm³/mol. The maximum atomic E-state index is 11.4. The molecule has 0 unspecified atom stereocenters. The molecule has 1 aliphatic rings. The van der Waals surface area contributed by atoms with Gasteiger partial charge in [-0.3, -0.25) is 9.59 Å². The molecule has 7 heteroatoms. The zero-order valence-corrected chi connectivity index (χ0v) is 11.0. The SMILES string of the molecule is CC(=O)NOC(=O)CCSC[C@@H]1C[C@@H](O)CC1=O. The predicted octanol–water partition coefficient (Wildman–Crippen LogP) is 0.0440. The molecular formula is C11H17NO5S. The van der Waals surface area contributed by atoms with Crippen LogP contribution in [0.2, 0.25) is 0 Å². The summed E-state index contributed by atoms with van der Waals surface area (Å²) >= 11 is 1.47. The maximum absolute atomic E-state index is 11.4. The Hall–Kier alpha value is -1.08. The minimum Gasteiger partial charge on any atom is -0.393 e. The van der Waals surface area contributed by atoms with Gasteiger partial charge in [0.05, 0.1) is 12.5 Å². The maximum Gasteiger partial charge on any atom is 0.333 e. The molecule has 102 valence electrons. The molecule has 1 fully saturated rings. The third kappa shape index (κ3) is 5.50. The fourth-order valence-electron chi connectivity index (χ4n) is 1.66. The van der Waals surface area contributed by atoms with E-state index >= 15 is 0 Å². The molecule has 2 atom stereocenters. The Bertz CT molecular complexity index is 333. The van der Waals surface area contributed by atoms with Crippen LogP contribution in [0.4, 0.5) is 0 Å². The van der Waals surface area contributed by atoms with Gasteiger partial charge in [-0.25, -0.2) is 4.79 Å². The average molecular weight is 275 g/mol. The van der Waals surface area contributed by atoms with Gasteiger partial charge in [0, 0.05) is 30.8 Å². The Morgan fingerprint density at radius 1 is 1.56 bits per heavy atom. The second kappa shape index (κ2) is 7.38. The number of hydrogen-bond acceptors (Lipinski definition) is 6. The van der Waals surface area contributed by atoms with E-state index in [1.165, 1.54) is 18.7 Å². The number of hydroxylamine groups is 1. The van der Waals surface area contributed by atoms with Crippen molar-refractivity contribution in [2.75, 3.05) is 11.5 Å². The summed E-state index contributed by atoms with van der Waals surface area (Å²) in [4.78, 5) is 37.4. The number of ketones is 1. The van der Waals surface area contributed by atoms with Gasteiger partial charge in [-0.05, 0) is 6.42 Å². The standard InChI is InChI=1S/C11H17NO5S/c1-7(13)12-17-11(16)2-3-18-6-8-4-9(14)5-10(8)15/h8-9,14H,2-6H2,1H3,(H,12,13)/t8-,9+/m0/s1. The van der Waals surface area contributed by atoms with Crippen LogP contribution >= 0.6 is 11.8 Å². The van der Waals surface area contributed by atoms with Crippen LogP contribution in [0.3, 0.4) is 0 Å². The molecule has 1 saturated carbocycles. The second-order valence-electron chi connectivity index (χ2n) is 4.21. The van der Waals surface area contributed by atoms with Gasteiger partial charge in [-0.15, -0.1) is 0 Å². The van der Waals surface area contributed by atoms with Crippen LogP contribution in [0.25, 0.3) is 0 Å². The van der Waals surface area contributed by atoms with E-state index in [0.717, 1.165) is 0 Å². The van der Waals surface area contributed by atoms with Crippen LogP contribution in [-0.4, -0.2) is 40.4 Å². The molecule has 0 aromatic heterocycles. The Labute approximate surface area is 109 Å². The highest BCUT2D eigenvalue weighted by atomic mass is 32.2. The van der Waals surface area contributed by atoms with E-state index in [1.807, 2.05) is 5.48 Å². The van der Waals surface area contributed by atoms with Crippen LogP contribution < -0.4 is 5.48 Å². The number of aliphatic hydroxyl groups excluding tert-OH is 1. The molecule has 0 spiro atoms. The Morgan fingerprint density at radius 2 is 2.28 bits per heavy atom. The first-order valence-corrected chi connectivity index (χ1v) is 6.89. The largest absolute Gasteiger partial charge is 0.393 e. The van der Waals surface area contributed by atoms with Crippen LogP contribution in [0.15, 0.2) is 0 Å². The van der Waals surface area contributed by atoms with Gasteiger partial charge in [0.15, 0.2) is 0 Å². The summed E-state index contributed by atoms with van der Waals surface area (Å²) in [6.07, 6.45) is 0.430. The molecular weight excluding hydrogens is 258 g/mol. The Kier molecular flexibility index (Phi) is 6.14. The molecule has 0 radical (unpaired) electrons. The van der Waals surface area contributed by atoms with Gasteiger partial charge in [0.2, 0.25) is 5.91 Å². The van der Waals surface area contributed by atoms with Crippen molar-refractivity contribution >= 4 is 29.4 Å². The summed E-state index contributed by atoms with van der Waals surface area (Å²) in [7, 11) is 0. The van der Waals surface area contributed by atoms with Gasteiger partial charge >= 0.3 is 5.97 Å². The zero-order valence-electron chi connectivity index (χ0n) is 10.2. The van der Waals surface area contributed by atoms with Crippen molar-refractivity contribution in [2.45, 2.75) is 32.3 Å². The lowest BCUT2D eigenvalue weighted by Gasteiger charge is -2.07. The first-order chi connectivity index (χ1) is 8.49. The highest BCUT2D eigenvalue weighted by Gasteiger charge is 2.30. The summed E-state index contributed by atoms with van der Waals surface area (Å²) in [6, 6.07) is 0. The summed E-state index contributed by atoms with van der Waals surface area (Å²) < 4.78 is 0. The van der Waals surface area contributed by atoms with Crippen molar-refractivity contribution in [1.82, 2.24) is 5.48 Å². The first kappa shape index (κ1) is 15.0. The lowest BCUT2D eigenvalue weighted by Crippen LogP contribution is -2.24. The lowest BCUT2D eigenvalue weighted by molar-refractivity contribution is -0.157. The van der Waals surface area contributed by atoms with Crippen molar-refractivity contribution in [3.05, 3.63) is 0 Å². The first-order valence-electron chi connectivity index (χ1n) is 5.73. The zero-order chi connectivity index (χ0) is 13.5. The van der Waals surface area contributed by atoms with Gasteiger partial charge in [0.1, 0.15) is 5.78 Å². The highest BCUT2D eigenvalue weighted by Crippen LogP contribution is 2.25. The smallest absolute Gasteiger partial charge is 0.333 e. The topological polar surface area (TPSA) is 92.7 Å². The number of rotatable bonds is 5. The molecule has 1 rings (SSSR count). The fraction of sp³-hybridized carbons (Fsp3) is 0.727. The molecule has 0 bridgehead atoms. The van der Waals surface area contributed by atoms with Crippen LogP contribution in [-0.2, 0) is 19.2 Å². The minimum atomic E-state index is -0.507. The molecule has 0 aliphatic heterocycles. The van der Waals surface area contributed by atoms with E-state index in [4.69, 9.17) is 0 Å². The van der Waals surface area contributed by atoms with E-state index in [1.54, 1.807) is 0 Å². The van der Waals surface area contributed by atoms with Crippen molar-refractivity contribution in [3.63, 3.8) is 0 Å². The third-order valence-corrected chi connectivity index (χ3v) is 3.66. The second-order valence-corrected chi connectivity index (χ2v) is 5.36. The lowest BCUT2D eigenvalue weighted by atomic mass is 10.1. The molecule has 1 amide bonds. The third-order valence-electron chi connectivity index (χ3n) is 2.53. The van der Waals surface area contributed by atoms with Gasteiger partial charge in [-0.2, -0.15) is 17.2 Å². The Balaban J connectivity index is 2.06. The number of carbonyl (C=O) groups excluding carboxylic acids is 3. The molecule has 0 aromatic carbocycles. The molecule has 0 aromatic rings. The quantitative estimate of drug-likeness (QED) is 0.544. The fourth-order valence-corrected chi connectivity index (χ4v) is 2.75. The van der Waals surface area contributed by atoms with E-state index in [9.17, 15) is 19.5 Å². The van der Waals surface area contributed by atoms with Gasteiger partial charge in [0.25, 0.3) is 0 Å². The highest BCUT2D eigenvalue weighted by molar-refractivity contribution is 7.99. The summed E-state index contributed by atoms with van der Waals surface area (Å²) in [6.45, 7) is 1.25. The number of Topliss-reactive ketones (excluding diaryl/α,β-unsaturated/α-hetero) is 1. The number of aliphatic hydroxyl groups is 1. The van der Waals surface area contributed by atoms with Crippen LogP contribution in [0, 0.1) is 5.92 Å². The molecule has 1 aliphatic carbocycles. The number of thioether (sulfide) groups is 1. The van der Waals surface area contributed by atoms with Gasteiger partial charge in [-0.1, -0.05) is 0 Å². The summed E-state index contributed by atoms with van der Waals surface area (Å²) in [5, 5.41) is 9.29. The molecule has 2 N–H and O–H groups in total. The normalized spacial score (nSPS) is 22.9. The van der Waals surface area contributed by atoms with E-state index in [0.29, 0.717) is 17.9 Å².